The van der Waals surface area contributed by atoms with E-state index in [0.29, 0.717) is 5.22 Å². The van der Waals surface area contributed by atoms with Gasteiger partial charge in [-0.3, -0.25) is 0 Å². The van der Waals surface area contributed by atoms with Crippen molar-refractivity contribution in [3.63, 3.8) is 0 Å². The minimum Gasteiger partial charge on any atom is -0.453 e. The van der Waals surface area contributed by atoms with Crippen LogP contribution in [0.5, 0.6) is 0 Å². The quantitative estimate of drug-likeness (QED) is 0.794. The van der Waals surface area contributed by atoms with Crippen molar-refractivity contribution < 1.29 is 4.42 Å². The predicted molar refractivity (Wildman–Crippen MR) is 70.3 cm³/mol. The van der Waals surface area contributed by atoms with E-state index < -0.39 is 0 Å². The van der Waals surface area contributed by atoms with Crippen LogP contribution in [-0.2, 0) is 6.54 Å². The third-order valence-electron chi connectivity index (χ3n) is 3.29. The number of hydrogen-bond donors (Lipinski definition) is 1. The number of piperidine rings is 1. The van der Waals surface area contributed by atoms with Crippen molar-refractivity contribution in [2.75, 3.05) is 26.2 Å². The third-order valence-corrected chi connectivity index (χ3v) is 3.62. The molecule has 1 aromatic rings. The normalized spacial score (nSPS) is 17.5. The number of furan rings is 1. The summed E-state index contributed by atoms with van der Waals surface area (Å²) < 4.78 is 5.03. The van der Waals surface area contributed by atoms with Gasteiger partial charge in [0.25, 0.3) is 0 Å². The molecule has 17 heavy (non-hydrogen) atoms. The van der Waals surface area contributed by atoms with Crippen LogP contribution >= 0.6 is 11.6 Å². The molecule has 0 saturated carbocycles. The van der Waals surface area contributed by atoms with Gasteiger partial charge in [0, 0.05) is 12.1 Å². The summed E-state index contributed by atoms with van der Waals surface area (Å²) in [5, 5.41) is 3.90. The van der Waals surface area contributed by atoms with E-state index in [2.05, 4.69) is 10.2 Å². The highest BCUT2D eigenvalue weighted by Gasteiger charge is 2.08. The summed E-state index contributed by atoms with van der Waals surface area (Å²) in [6.07, 6.45) is 6.99. The fourth-order valence-electron chi connectivity index (χ4n) is 2.28. The topological polar surface area (TPSA) is 28.4 Å². The molecule has 2 rings (SSSR count). The Bertz CT molecular complexity index is 321. The highest BCUT2D eigenvalue weighted by Crippen LogP contribution is 2.15. The average Bonchev–Trinajstić information content (AvgIpc) is 2.76. The van der Waals surface area contributed by atoms with E-state index in [1.54, 1.807) is 6.26 Å². The van der Waals surface area contributed by atoms with Crippen LogP contribution in [0.2, 0.25) is 5.22 Å². The molecule has 0 radical (unpaired) electrons. The first-order valence-corrected chi connectivity index (χ1v) is 6.89. The minimum atomic E-state index is 0.508. The number of halogens is 1. The molecular formula is C13H21ClN2O. The fourth-order valence-corrected chi connectivity index (χ4v) is 2.46. The number of nitrogens with one attached hydrogen (secondary N) is 1. The molecule has 1 aliphatic rings. The highest BCUT2D eigenvalue weighted by atomic mass is 35.5. The van der Waals surface area contributed by atoms with E-state index in [1.165, 1.54) is 45.3 Å². The number of rotatable bonds is 6. The second-order valence-corrected chi connectivity index (χ2v) is 5.00. The van der Waals surface area contributed by atoms with Gasteiger partial charge in [0.1, 0.15) is 0 Å². The zero-order valence-electron chi connectivity index (χ0n) is 10.3. The van der Waals surface area contributed by atoms with E-state index in [0.717, 1.165) is 18.7 Å². The van der Waals surface area contributed by atoms with Crippen molar-refractivity contribution in [3.8, 4) is 0 Å². The molecule has 0 amide bonds. The van der Waals surface area contributed by atoms with Gasteiger partial charge < -0.3 is 14.6 Å². The summed E-state index contributed by atoms with van der Waals surface area (Å²) in [6, 6.07) is 1.92. The summed E-state index contributed by atoms with van der Waals surface area (Å²) in [5.41, 5.74) is 1.05. The van der Waals surface area contributed by atoms with Gasteiger partial charge in [0.15, 0.2) is 5.22 Å². The summed E-state index contributed by atoms with van der Waals surface area (Å²) >= 11 is 5.86. The molecule has 1 aliphatic heterocycles. The van der Waals surface area contributed by atoms with Crippen molar-refractivity contribution in [2.45, 2.75) is 32.2 Å². The Labute approximate surface area is 108 Å². The molecule has 0 unspecified atom stereocenters. The summed E-state index contributed by atoms with van der Waals surface area (Å²) in [4.78, 5) is 2.57. The van der Waals surface area contributed by atoms with Crippen molar-refractivity contribution in [1.29, 1.82) is 0 Å². The Hall–Kier alpha value is -0.510. The monoisotopic (exact) mass is 256 g/mol. The van der Waals surface area contributed by atoms with Crippen molar-refractivity contribution in [1.82, 2.24) is 10.2 Å². The van der Waals surface area contributed by atoms with Crippen LogP contribution in [0.3, 0.4) is 0 Å². The van der Waals surface area contributed by atoms with Crippen molar-refractivity contribution in [3.05, 3.63) is 23.1 Å². The van der Waals surface area contributed by atoms with Crippen molar-refractivity contribution >= 4 is 11.6 Å². The lowest BCUT2D eigenvalue weighted by Crippen LogP contribution is -2.32. The Morgan fingerprint density at radius 1 is 1.29 bits per heavy atom. The molecule has 3 nitrogen and oxygen atoms in total. The number of nitrogens with zero attached hydrogens (tertiary/aromatic N) is 1. The third kappa shape index (κ3) is 4.34. The first-order chi connectivity index (χ1) is 8.36. The second-order valence-electron chi connectivity index (χ2n) is 4.65. The zero-order chi connectivity index (χ0) is 11.9. The average molecular weight is 257 g/mol. The van der Waals surface area contributed by atoms with Crippen LogP contribution < -0.4 is 5.32 Å². The number of hydrogen-bond acceptors (Lipinski definition) is 3. The van der Waals surface area contributed by atoms with Gasteiger partial charge in [-0.25, -0.2) is 0 Å². The van der Waals surface area contributed by atoms with Gasteiger partial charge in [0.05, 0.1) is 6.26 Å². The Morgan fingerprint density at radius 3 is 2.82 bits per heavy atom. The smallest absolute Gasteiger partial charge is 0.197 e. The maximum atomic E-state index is 5.86. The second kappa shape index (κ2) is 7.04. The molecular weight excluding hydrogens is 236 g/mol. The summed E-state index contributed by atoms with van der Waals surface area (Å²) in [7, 11) is 0. The van der Waals surface area contributed by atoms with Crippen LogP contribution in [0.4, 0.5) is 0 Å². The molecule has 0 spiro atoms. The Balaban J connectivity index is 1.53. The number of likely N-dealkylation sites (tertiary alicyclic amines) is 1. The van der Waals surface area contributed by atoms with Gasteiger partial charge in [-0.15, -0.1) is 0 Å². The van der Waals surface area contributed by atoms with Gasteiger partial charge in [-0.05, 0) is 63.1 Å². The van der Waals surface area contributed by atoms with E-state index in [-0.39, 0.29) is 0 Å². The Morgan fingerprint density at radius 2 is 2.12 bits per heavy atom. The molecule has 0 aliphatic carbocycles. The van der Waals surface area contributed by atoms with Gasteiger partial charge in [-0.2, -0.15) is 0 Å². The SMILES string of the molecule is Clc1occc1CNCCCN1CCCCC1. The molecule has 0 atom stereocenters. The van der Waals surface area contributed by atoms with E-state index >= 15 is 0 Å². The molecule has 4 heteroatoms. The maximum absolute atomic E-state index is 5.86. The lowest BCUT2D eigenvalue weighted by Gasteiger charge is -2.26. The van der Waals surface area contributed by atoms with E-state index in [9.17, 15) is 0 Å². The first kappa shape index (κ1) is 12.9. The molecule has 1 aromatic heterocycles. The molecule has 2 heterocycles. The largest absolute Gasteiger partial charge is 0.453 e. The summed E-state index contributed by atoms with van der Waals surface area (Å²) in [6.45, 7) is 5.63. The highest BCUT2D eigenvalue weighted by molar-refractivity contribution is 6.29. The fraction of sp³-hybridized carbons (Fsp3) is 0.692. The first-order valence-electron chi connectivity index (χ1n) is 6.51. The molecule has 1 N–H and O–H groups in total. The standard InChI is InChI=1S/C13H21ClN2O/c14-13-12(5-10-17-13)11-15-6-4-9-16-7-2-1-3-8-16/h5,10,15H,1-4,6-9,11H2. The van der Waals surface area contributed by atoms with Crippen LogP contribution in [0.1, 0.15) is 31.2 Å². The maximum Gasteiger partial charge on any atom is 0.197 e. The van der Waals surface area contributed by atoms with Gasteiger partial charge in [0.2, 0.25) is 0 Å². The lowest BCUT2D eigenvalue weighted by atomic mass is 10.1. The lowest BCUT2D eigenvalue weighted by molar-refractivity contribution is 0.225. The molecule has 1 fully saturated rings. The van der Waals surface area contributed by atoms with Crippen LogP contribution in [0.25, 0.3) is 0 Å². The van der Waals surface area contributed by atoms with Crippen LogP contribution in [0.15, 0.2) is 16.7 Å². The van der Waals surface area contributed by atoms with Crippen LogP contribution in [-0.4, -0.2) is 31.1 Å². The molecule has 1 saturated heterocycles. The van der Waals surface area contributed by atoms with E-state index in [1.807, 2.05) is 6.07 Å². The molecule has 96 valence electrons. The minimum absolute atomic E-state index is 0.508. The molecule has 0 bridgehead atoms. The molecule has 0 aromatic carbocycles. The predicted octanol–water partition coefficient (Wildman–Crippen LogP) is 2.90. The zero-order valence-corrected chi connectivity index (χ0v) is 11.0. The van der Waals surface area contributed by atoms with Gasteiger partial charge >= 0.3 is 0 Å². The van der Waals surface area contributed by atoms with E-state index in [4.69, 9.17) is 16.0 Å². The Kier molecular flexibility index (Phi) is 5.36. The van der Waals surface area contributed by atoms with Gasteiger partial charge in [-0.1, -0.05) is 6.42 Å². The summed E-state index contributed by atoms with van der Waals surface area (Å²) in [5.74, 6) is 0. The van der Waals surface area contributed by atoms with Crippen LogP contribution in [0, 0.1) is 0 Å². The van der Waals surface area contributed by atoms with Crippen molar-refractivity contribution in [2.24, 2.45) is 0 Å².